The minimum absolute atomic E-state index is 0.123. The molecule has 1 amide bonds. The molecule has 2 aromatic rings. The molecule has 1 unspecified atom stereocenters. The van der Waals surface area contributed by atoms with Crippen molar-refractivity contribution in [2.75, 3.05) is 31.6 Å². The number of hydrogen-bond donors (Lipinski definition) is 0. The summed E-state index contributed by atoms with van der Waals surface area (Å²) in [5.41, 5.74) is 1.95. The molecule has 2 aliphatic rings. The largest absolute Gasteiger partial charge is 0.377 e. The number of ether oxygens (including phenoxy) is 1. The number of likely N-dealkylation sites (tertiary alicyclic amines) is 1. The van der Waals surface area contributed by atoms with E-state index in [0.717, 1.165) is 44.6 Å². The van der Waals surface area contributed by atoms with Gasteiger partial charge in [-0.25, -0.2) is 4.39 Å². The first-order chi connectivity index (χ1) is 13.6. The van der Waals surface area contributed by atoms with Crippen molar-refractivity contribution < 1.29 is 13.9 Å². The van der Waals surface area contributed by atoms with Crippen molar-refractivity contribution in [1.29, 1.82) is 0 Å². The van der Waals surface area contributed by atoms with E-state index < -0.39 is 0 Å². The molecule has 5 heteroatoms. The molecule has 0 saturated carbocycles. The van der Waals surface area contributed by atoms with Gasteiger partial charge in [0.1, 0.15) is 5.82 Å². The van der Waals surface area contributed by atoms with E-state index in [0.29, 0.717) is 6.42 Å². The molecule has 4 nitrogen and oxygen atoms in total. The molecule has 0 aromatic heterocycles. The van der Waals surface area contributed by atoms with Gasteiger partial charge in [-0.1, -0.05) is 36.4 Å². The van der Waals surface area contributed by atoms with Gasteiger partial charge in [0.15, 0.2) is 0 Å². The van der Waals surface area contributed by atoms with Crippen LogP contribution in [0, 0.1) is 5.82 Å². The van der Waals surface area contributed by atoms with E-state index in [2.05, 4.69) is 17.0 Å². The molecular formula is C23H27FN2O2. The summed E-state index contributed by atoms with van der Waals surface area (Å²) in [6.45, 7) is 2.21. The smallest absolute Gasteiger partial charge is 0.222 e. The number of carbonyl (C=O) groups excluding carboxylic acids is 1. The highest BCUT2D eigenvalue weighted by Crippen LogP contribution is 2.44. The van der Waals surface area contributed by atoms with E-state index in [1.54, 1.807) is 19.2 Å². The molecule has 2 aromatic carbocycles. The van der Waals surface area contributed by atoms with E-state index in [9.17, 15) is 9.18 Å². The summed E-state index contributed by atoms with van der Waals surface area (Å²) in [4.78, 5) is 16.9. The molecule has 2 heterocycles. The lowest BCUT2D eigenvalue weighted by molar-refractivity contribution is -0.135. The number of benzene rings is 2. The Bertz CT molecular complexity index is 818. The Morgan fingerprint density at radius 3 is 2.57 bits per heavy atom. The van der Waals surface area contributed by atoms with Crippen molar-refractivity contribution in [2.45, 2.75) is 37.3 Å². The number of carbonyl (C=O) groups is 1. The summed E-state index contributed by atoms with van der Waals surface area (Å²) in [7, 11) is 1.74. The zero-order valence-corrected chi connectivity index (χ0v) is 16.3. The highest BCUT2D eigenvalue weighted by Gasteiger charge is 2.55. The molecule has 1 spiro atoms. The Balaban J connectivity index is 1.39. The third-order valence-electron chi connectivity index (χ3n) is 6.34. The van der Waals surface area contributed by atoms with Crippen LogP contribution in [0.2, 0.25) is 0 Å². The van der Waals surface area contributed by atoms with Crippen molar-refractivity contribution in [3.63, 3.8) is 0 Å². The molecule has 4 rings (SSSR count). The van der Waals surface area contributed by atoms with Crippen LogP contribution in [-0.4, -0.2) is 49.2 Å². The molecule has 0 bridgehead atoms. The number of halogens is 1. The van der Waals surface area contributed by atoms with Gasteiger partial charge in [0, 0.05) is 38.9 Å². The lowest BCUT2D eigenvalue weighted by atomic mass is 9.73. The normalized spacial score (nSPS) is 20.9. The predicted molar refractivity (Wildman–Crippen MR) is 108 cm³/mol. The van der Waals surface area contributed by atoms with Crippen molar-refractivity contribution in [3.8, 4) is 0 Å². The molecule has 2 fully saturated rings. The third-order valence-corrected chi connectivity index (χ3v) is 6.34. The second-order valence-corrected chi connectivity index (χ2v) is 7.78. The summed E-state index contributed by atoms with van der Waals surface area (Å²) in [6, 6.07) is 16.9. The van der Waals surface area contributed by atoms with Crippen molar-refractivity contribution in [1.82, 2.24) is 4.90 Å². The van der Waals surface area contributed by atoms with Gasteiger partial charge in [0.25, 0.3) is 0 Å². The monoisotopic (exact) mass is 382 g/mol. The summed E-state index contributed by atoms with van der Waals surface area (Å²) < 4.78 is 19.4. The highest BCUT2D eigenvalue weighted by molar-refractivity contribution is 5.76. The van der Waals surface area contributed by atoms with Gasteiger partial charge < -0.3 is 14.5 Å². The molecule has 2 aliphatic heterocycles. The Hall–Kier alpha value is -2.40. The number of aryl methyl sites for hydroxylation is 1. The van der Waals surface area contributed by atoms with E-state index >= 15 is 0 Å². The van der Waals surface area contributed by atoms with E-state index in [4.69, 9.17) is 4.74 Å². The predicted octanol–water partition coefficient (Wildman–Crippen LogP) is 3.65. The SMILES string of the molecule is COC1CN(c2cccc(F)c2)C12CCN(C(=O)CCc1ccccc1)CC2. The minimum atomic E-state index is -0.220. The number of amides is 1. The Morgan fingerprint density at radius 2 is 1.89 bits per heavy atom. The fourth-order valence-electron chi connectivity index (χ4n) is 4.67. The Kier molecular flexibility index (Phi) is 5.36. The van der Waals surface area contributed by atoms with E-state index in [1.807, 2.05) is 29.2 Å². The topological polar surface area (TPSA) is 32.8 Å². The van der Waals surface area contributed by atoms with Crippen LogP contribution in [0.15, 0.2) is 54.6 Å². The van der Waals surface area contributed by atoms with Gasteiger partial charge in [-0.2, -0.15) is 0 Å². The Morgan fingerprint density at radius 1 is 1.14 bits per heavy atom. The second kappa shape index (κ2) is 7.92. The molecule has 28 heavy (non-hydrogen) atoms. The van der Waals surface area contributed by atoms with Crippen molar-refractivity contribution in [3.05, 3.63) is 66.0 Å². The quantitative estimate of drug-likeness (QED) is 0.791. The summed E-state index contributed by atoms with van der Waals surface area (Å²) >= 11 is 0. The number of piperidine rings is 1. The first-order valence-corrected chi connectivity index (χ1v) is 10.00. The third kappa shape index (κ3) is 3.51. The van der Waals surface area contributed by atoms with Crippen molar-refractivity contribution >= 4 is 11.6 Å². The highest BCUT2D eigenvalue weighted by atomic mass is 19.1. The summed E-state index contributed by atoms with van der Waals surface area (Å²) in [5, 5.41) is 0. The van der Waals surface area contributed by atoms with Gasteiger partial charge in [-0.3, -0.25) is 4.79 Å². The Labute approximate surface area is 165 Å². The maximum Gasteiger partial charge on any atom is 0.222 e. The van der Waals surface area contributed by atoms with Crippen LogP contribution in [0.5, 0.6) is 0 Å². The van der Waals surface area contributed by atoms with Crippen LogP contribution >= 0.6 is 0 Å². The summed E-state index contributed by atoms with van der Waals surface area (Å²) in [6.07, 6.45) is 3.13. The summed E-state index contributed by atoms with van der Waals surface area (Å²) in [5.74, 6) is -0.00802. The number of hydrogen-bond acceptors (Lipinski definition) is 3. The van der Waals surface area contributed by atoms with Crippen LogP contribution in [0.1, 0.15) is 24.8 Å². The van der Waals surface area contributed by atoms with Crippen LogP contribution in [0.3, 0.4) is 0 Å². The molecule has 0 aliphatic carbocycles. The van der Waals surface area contributed by atoms with Gasteiger partial charge in [0.2, 0.25) is 5.91 Å². The van der Waals surface area contributed by atoms with Gasteiger partial charge >= 0.3 is 0 Å². The van der Waals surface area contributed by atoms with E-state index in [1.165, 1.54) is 11.6 Å². The number of anilines is 1. The van der Waals surface area contributed by atoms with Crippen LogP contribution in [0.4, 0.5) is 10.1 Å². The fourth-order valence-corrected chi connectivity index (χ4v) is 4.67. The fraction of sp³-hybridized carbons (Fsp3) is 0.435. The molecule has 0 N–H and O–H groups in total. The van der Waals surface area contributed by atoms with Crippen molar-refractivity contribution in [2.24, 2.45) is 0 Å². The average molecular weight is 382 g/mol. The van der Waals surface area contributed by atoms with Crippen LogP contribution in [0.25, 0.3) is 0 Å². The molecule has 2 saturated heterocycles. The second-order valence-electron chi connectivity index (χ2n) is 7.78. The number of methoxy groups -OCH3 is 1. The zero-order chi connectivity index (χ0) is 19.6. The van der Waals surface area contributed by atoms with Gasteiger partial charge in [-0.15, -0.1) is 0 Å². The average Bonchev–Trinajstić information content (AvgIpc) is 2.72. The zero-order valence-electron chi connectivity index (χ0n) is 16.3. The molecule has 1 atom stereocenters. The number of nitrogens with zero attached hydrogens (tertiary/aromatic N) is 2. The van der Waals surface area contributed by atoms with Gasteiger partial charge in [-0.05, 0) is 43.0 Å². The first kappa shape index (κ1) is 18.9. The number of rotatable bonds is 5. The molecular weight excluding hydrogens is 355 g/mol. The van der Waals surface area contributed by atoms with Gasteiger partial charge in [0.05, 0.1) is 11.6 Å². The molecule has 148 valence electrons. The molecule has 0 radical (unpaired) electrons. The maximum atomic E-state index is 13.7. The maximum absolute atomic E-state index is 13.7. The van der Waals surface area contributed by atoms with Crippen LogP contribution < -0.4 is 4.90 Å². The lowest BCUT2D eigenvalue weighted by Crippen LogP contribution is -2.74. The standard InChI is InChI=1S/C23H27FN2O2/c1-28-21-17-26(20-9-5-8-19(24)16-20)23(21)12-14-25(15-13-23)22(27)11-10-18-6-3-2-4-7-18/h2-9,16,21H,10-15,17H2,1H3. The first-order valence-electron chi connectivity index (χ1n) is 10.00. The van der Waals surface area contributed by atoms with Crippen LogP contribution in [-0.2, 0) is 16.0 Å². The lowest BCUT2D eigenvalue weighted by Gasteiger charge is -2.61. The minimum Gasteiger partial charge on any atom is -0.377 e. The van der Waals surface area contributed by atoms with E-state index in [-0.39, 0.29) is 23.4 Å².